The summed E-state index contributed by atoms with van der Waals surface area (Å²) in [6.07, 6.45) is 6.65. The van der Waals surface area contributed by atoms with E-state index >= 15 is 0 Å². The summed E-state index contributed by atoms with van der Waals surface area (Å²) < 4.78 is 0. The first-order valence-corrected chi connectivity index (χ1v) is 19.2. The highest BCUT2D eigenvalue weighted by Crippen LogP contribution is 2.29. The molecule has 4 rings (SSSR count). The Morgan fingerprint density at radius 3 is 1.34 bits per heavy atom. The normalized spacial score (nSPS) is 13.6. The lowest BCUT2D eigenvalue weighted by molar-refractivity contribution is -0.143. The number of nitrogens with two attached hydrogens (primary N) is 2. The third-order valence-corrected chi connectivity index (χ3v) is 8.06. The van der Waals surface area contributed by atoms with Gasteiger partial charge in [-0.15, -0.1) is 0 Å². The van der Waals surface area contributed by atoms with E-state index in [4.69, 9.17) is 31.9 Å². The zero-order valence-electron chi connectivity index (χ0n) is 33.3. The minimum absolute atomic E-state index is 0. The molecule has 0 amide bonds. The lowest BCUT2D eigenvalue weighted by Crippen LogP contribution is -2.33. The number of nitrogens with zero attached hydrogens (tertiary/aromatic N) is 4. The highest BCUT2D eigenvalue weighted by molar-refractivity contribution is 5.80. The first-order valence-electron chi connectivity index (χ1n) is 19.2. The number of unbranched alkanes of at least 4 members (excludes halogenated alkanes) is 2. The van der Waals surface area contributed by atoms with Gasteiger partial charge in [0.05, 0.1) is 44.9 Å². The Bertz CT molecular complexity index is 1440. The number of carboxylic acid groups (broad SMARTS) is 4. The van der Waals surface area contributed by atoms with E-state index < -0.39 is 23.9 Å². The van der Waals surface area contributed by atoms with Crippen LogP contribution < -0.4 is 16.8 Å². The van der Waals surface area contributed by atoms with Crippen molar-refractivity contribution in [2.24, 2.45) is 21.5 Å². The smallest absolute Gasteiger partial charge is 0.303 e. The maximum atomic E-state index is 9.64. The summed E-state index contributed by atoms with van der Waals surface area (Å²) in [7, 11) is 0. The maximum Gasteiger partial charge on any atom is 0.303 e. The number of rotatable bonds is 22. The highest BCUT2D eigenvalue weighted by Gasteiger charge is 2.32. The number of carbonyl (C=O) groups is 4. The second kappa shape index (κ2) is 34.9. The van der Waals surface area contributed by atoms with Crippen LogP contribution in [0, 0.1) is 0 Å². The second-order valence-corrected chi connectivity index (χ2v) is 12.7. The molecule has 58 heavy (non-hydrogen) atoms. The van der Waals surface area contributed by atoms with Crippen LogP contribution in [-0.2, 0) is 19.2 Å². The number of benzene rings is 3. The lowest BCUT2D eigenvalue weighted by Gasteiger charge is -2.30. The van der Waals surface area contributed by atoms with Gasteiger partial charge < -0.3 is 42.7 Å². The number of hydrogen-bond donors (Lipinski definition) is 7. The Labute approximate surface area is 341 Å². The summed E-state index contributed by atoms with van der Waals surface area (Å²) in [5.74, 6) is -4.31. The van der Waals surface area contributed by atoms with Gasteiger partial charge in [-0.3, -0.25) is 39.0 Å². The molecule has 16 nitrogen and oxygen atoms in total. The first kappa shape index (κ1) is 52.6. The predicted octanol–water partition coefficient (Wildman–Crippen LogP) is 3.25. The SMILES string of the molecule is C(=NCCN1CCN(CCN=Cc2ccccc2)C1c1ccccc1)c1ccccc1.NCCCCCNCCN.O.O=C(O)CCC(=O)O.O=C(O)CCC(=O)O. The number of hydrogen-bond acceptors (Lipinski definition) is 11. The fraction of sp³-hybridized carbons (Fsp3) is 0.429. The minimum atomic E-state index is -1.08. The average molecular weight is 810 g/mol. The molecule has 1 heterocycles. The van der Waals surface area contributed by atoms with Gasteiger partial charge in [0.2, 0.25) is 0 Å². The monoisotopic (exact) mass is 809 g/mol. The van der Waals surface area contributed by atoms with Crippen molar-refractivity contribution in [3.05, 3.63) is 108 Å². The van der Waals surface area contributed by atoms with Crippen molar-refractivity contribution in [3.8, 4) is 0 Å². The largest absolute Gasteiger partial charge is 0.481 e. The third kappa shape index (κ3) is 28.1. The van der Waals surface area contributed by atoms with Crippen molar-refractivity contribution in [2.45, 2.75) is 51.1 Å². The van der Waals surface area contributed by atoms with Crippen LogP contribution in [0.5, 0.6) is 0 Å². The summed E-state index contributed by atoms with van der Waals surface area (Å²) in [5.41, 5.74) is 14.3. The Morgan fingerprint density at radius 2 is 0.983 bits per heavy atom. The Morgan fingerprint density at radius 1 is 0.586 bits per heavy atom. The zero-order chi connectivity index (χ0) is 41.9. The van der Waals surface area contributed by atoms with E-state index in [1.807, 2.05) is 48.8 Å². The number of nitrogens with one attached hydrogen (secondary N) is 1. The summed E-state index contributed by atoms with van der Waals surface area (Å²) in [5, 5.41) is 34.8. The molecule has 1 aliphatic rings. The summed E-state index contributed by atoms with van der Waals surface area (Å²) in [6.45, 7) is 9.19. The van der Waals surface area contributed by atoms with E-state index in [0.29, 0.717) is 6.17 Å². The molecule has 16 heteroatoms. The van der Waals surface area contributed by atoms with Crippen molar-refractivity contribution < 1.29 is 45.1 Å². The van der Waals surface area contributed by atoms with Gasteiger partial charge in [0.1, 0.15) is 0 Å². The van der Waals surface area contributed by atoms with E-state index in [9.17, 15) is 19.2 Å². The molecule has 11 N–H and O–H groups in total. The molecular formula is C42H63N7O9. The molecule has 3 aromatic rings. The van der Waals surface area contributed by atoms with Gasteiger partial charge in [0, 0.05) is 51.7 Å². The van der Waals surface area contributed by atoms with Gasteiger partial charge in [-0.25, -0.2) is 0 Å². The van der Waals surface area contributed by atoms with Crippen LogP contribution in [0.2, 0.25) is 0 Å². The molecule has 0 spiro atoms. The van der Waals surface area contributed by atoms with Gasteiger partial charge in [0.15, 0.2) is 0 Å². The van der Waals surface area contributed by atoms with Gasteiger partial charge >= 0.3 is 23.9 Å². The van der Waals surface area contributed by atoms with Crippen LogP contribution in [0.25, 0.3) is 0 Å². The van der Waals surface area contributed by atoms with Gasteiger partial charge in [-0.1, -0.05) is 97.4 Å². The van der Waals surface area contributed by atoms with Crippen molar-refractivity contribution in [2.75, 3.05) is 65.4 Å². The molecule has 0 bridgehead atoms. The molecule has 0 atom stereocenters. The molecule has 1 fully saturated rings. The van der Waals surface area contributed by atoms with E-state index in [0.717, 1.165) is 83.0 Å². The molecule has 0 aromatic heterocycles. The van der Waals surface area contributed by atoms with Crippen LogP contribution in [0.3, 0.4) is 0 Å². The molecule has 0 saturated carbocycles. The molecule has 0 radical (unpaired) electrons. The first-order chi connectivity index (χ1) is 27.6. The van der Waals surface area contributed by atoms with Crippen molar-refractivity contribution >= 4 is 36.3 Å². The van der Waals surface area contributed by atoms with E-state index in [1.54, 1.807) is 0 Å². The topological polar surface area (TPSA) is 276 Å². The molecule has 1 saturated heterocycles. The zero-order valence-corrected chi connectivity index (χ0v) is 33.3. The molecule has 1 aliphatic heterocycles. The van der Waals surface area contributed by atoms with E-state index in [2.05, 4.69) is 79.7 Å². The average Bonchev–Trinajstić information content (AvgIpc) is 3.62. The molecule has 0 unspecified atom stereocenters. The maximum absolute atomic E-state index is 9.64. The van der Waals surface area contributed by atoms with Crippen LogP contribution in [0.1, 0.15) is 67.8 Å². The minimum Gasteiger partial charge on any atom is -0.481 e. The standard InChI is InChI=1S/C27H30N4.C7H19N3.2C4H6O4.H2O/c1-4-10-24(11-5-1)22-28-16-18-30-20-21-31(27(30)26-14-8-3-9-15-26)19-17-29-23-25-12-6-2-7-13-25;8-4-2-1-3-6-10-7-5-9;2*5-3(6)1-2-4(7)8;/h1-15,22-23,27H,16-21H2;10H,1-9H2;2*1-2H2,(H,5,6)(H,7,8);1H2. The lowest BCUT2D eigenvalue weighted by atomic mass is 10.1. The Balaban J connectivity index is 0.000000984. The quantitative estimate of drug-likeness (QED) is 0.0568. The summed E-state index contributed by atoms with van der Waals surface area (Å²) in [4.78, 5) is 53.0. The van der Waals surface area contributed by atoms with Crippen LogP contribution in [0.4, 0.5) is 0 Å². The van der Waals surface area contributed by atoms with E-state index in [-0.39, 0.29) is 31.2 Å². The molecule has 320 valence electrons. The number of aliphatic imine (C=N–C) groups is 2. The fourth-order valence-electron chi connectivity index (χ4n) is 5.26. The molecule has 0 aliphatic carbocycles. The van der Waals surface area contributed by atoms with Crippen molar-refractivity contribution in [1.29, 1.82) is 0 Å². The Hall–Kier alpha value is -5.36. The van der Waals surface area contributed by atoms with E-state index in [1.165, 1.54) is 18.4 Å². The van der Waals surface area contributed by atoms with Crippen LogP contribution in [0.15, 0.2) is 101 Å². The fourth-order valence-corrected chi connectivity index (χ4v) is 5.26. The van der Waals surface area contributed by atoms with Crippen LogP contribution >= 0.6 is 0 Å². The third-order valence-electron chi connectivity index (χ3n) is 8.06. The van der Waals surface area contributed by atoms with Gasteiger partial charge in [0.25, 0.3) is 0 Å². The Kier molecular flexibility index (Phi) is 31.6. The van der Waals surface area contributed by atoms with Crippen molar-refractivity contribution in [1.82, 2.24) is 15.1 Å². The number of carboxylic acids is 4. The van der Waals surface area contributed by atoms with Gasteiger partial charge in [-0.2, -0.15) is 0 Å². The van der Waals surface area contributed by atoms with Crippen molar-refractivity contribution in [3.63, 3.8) is 0 Å². The summed E-state index contributed by atoms with van der Waals surface area (Å²) >= 11 is 0. The second-order valence-electron chi connectivity index (χ2n) is 12.7. The number of aliphatic carboxylic acids is 4. The highest BCUT2D eigenvalue weighted by atomic mass is 16.4. The molecular weight excluding hydrogens is 747 g/mol. The summed E-state index contributed by atoms with van der Waals surface area (Å²) in [6, 6.07) is 31.4. The molecule has 3 aromatic carbocycles. The van der Waals surface area contributed by atoms with Gasteiger partial charge in [-0.05, 0) is 42.6 Å². The van der Waals surface area contributed by atoms with Crippen LogP contribution in [-0.4, -0.2) is 137 Å². The predicted molar refractivity (Wildman–Crippen MR) is 228 cm³/mol.